The number of imidazole rings is 1. The van der Waals surface area contributed by atoms with Crippen molar-refractivity contribution in [3.8, 4) is 0 Å². The van der Waals surface area contributed by atoms with Gasteiger partial charge in [0.2, 0.25) is 0 Å². The fourth-order valence-electron chi connectivity index (χ4n) is 2.86. The second kappa shape index (κ2) is 6.68. The number of amides is 1. The molecule has 4 aromatic rings. The summed E-state index contributed by atoms with van der Waals surface area (Å²) in [5, 5.41) is 2.84. The Hall–Kier alpha value is -3.67. The average Bonchev–Trinajstić information content (AvgIpc) is 2.98. The number of aromatic nitrogens is 3. The van der Waals surface area contributed by atoms with Crippen LogP contribution in [-0.2, 0) is 6.54 Å². The lowest BCUT2D eigenvalue weighted by Crippen LogP contribution is -2.17. The van der Waals surface area contributed by atoms with Crippen LogP contribution in [-0.4, -0.2) is 20.4 Å². The number of benzene rings is 2. The van der Waals surface area contributed by atoms with Gasteiger partial charge in [0.1, 0.15) is 0 Å². The second-order valence-corrected chi connectivity index (χ2v) is 5.93. The molecule has 0 saturated heterocycles. The number of anilines is 1. The number of hydrogen-bond acceptors (Lipinski definition) is 3. The first-order valence-corrected chi connectivity index (χ1v) is 8.18. The molecule has 2 N–H and O–H groups in total. The van der Waals surface area contributed by atoms with Crippen molar-refractivity contribution in [1.29, 1.82) is 0 Å². The summed E-state index contributed by atoms with van der Waals surface area (Å²) in [7, 11) is 0. The van der Waals surface area contributed by atoms with Crippen molar-refractivity contribution in [3.63, 3.8) is 0 Å². The summed E-state index contributed by atoms with van der Waals surface area (Å²) in [5.74, 6) is -0.223. The van der Waals surface area contributed by atoms with E-state index in [-0.39, 0.29) is 11.6 Å². The van der Waals surface area contributed by atoms with Gasteiger partial charge in [-0.05, 0) is 42.0 Å². The van der Waals surface area contributed by atoms with Crippen LogP contribution < -0.4 is 11.0 Å². The Labute approximate surface area is 149 Å². The lowest BCUT2D eigenvalue weighted by molar-refractivity contribution is 0.102. The molecule has 26 heavy (non-hydrogen) atoms. The van der Waals surface area contributed by atoms with Crippen LogP contribution in [0.1, 0.15) is 15.9 Å². The molecule has 2 aromatic carbocycles. The predicted octanol–water partition coefficient (Wildman–Crippen LogP) is 3.03. The maximum atomic E-state index is 12.4. The summed E-state index contributed by atoms with van der Waals surface area (Å²) in [4.78, 5) is 31.6. The highest BCUT2D eigenvalue weighted by atomic mass is 16.2. The Morgan fingerprint density at radius 1 is 1.08 bits per heavy atom. The van der Waals surface area contributed by atoms with E-state index in [9.17, 15) is 9.59 Å². The fraction of sp³-hybridized carbons (Fsp3) is 0.0500. The number of pyridine rings is 1. The molecule has 0 bridgehead atoms. The third kappa shape index (κ3) is 3.12. The van der Waals surface area contributed by atoms with Crippen molar-refractivity contribution in [2.24, 2.45) is 0 Å². The van der Waals surface area contributed by atoms with Crippen molar-refractivity contribution in [2.45, 2.75) is 6.54 Å². The van der Waals surface area contributed by atoms with Crippen LogP contribution in [0.4, 0.5) is 5.69 Å². The van der Waals surface area contributed by atoms with E-state index in [1.54, 1.807) is 35.2 Å². The van der Waals surface area contributed by atoms with E-state index in [4.69, 9.17) is 0 Å². The lowest BCUT2D eigenvalue weighted by atomic mass is 10.1. The highest BCUT2D eigenvalue weighted by molar-refractivity contribution is 6.05. The molecule has 0 aliphatic heterocycles. The van der Waals surface area contributed by atoms with Gasteiger partial charge in [-0.2, -0.15) is 0 Å². The molecule has 4 rings (SSSR count). The van der Waals surface area contributed by atoms with Gasteiger partial charge in [-0.15, -0.1) is 0 Å². The van der Waals surface area contributed by atoms with Gasteiger partial charge in [-0.25, -0.2) is 4.79 Å². The normalized spacial score (nSPS) is 10.8. The number of rotatable bonds is 4. The van der Waals surface area contributed by atoms with Crippen LogP contribution >= 0.6 is 0 Å². The Kier molecular flexibility index (Phi) is 4.07. The van der Waals surface area contributed by atoms with Crippen LogP contribution in [0, 0.1) is 0 Å². The van der Waals surface area contributed by atoms with Gasteiger partial charge in [0.25, 0.3) is 5.91 Å². The number of carbonyl (C=O) groups excluding carboxylic acids is 1. The van der Waals surface area contributed by atoms with Crippen LogP contribution in [0.5, 0.6) is 0 Å². The molecule has 0 fully saturated rings. The predicted molar refractivity (Wildman–Crippen MR) is 100 cm³/mol. The van der Waals surface area contributed by atoms with Crippen molar-refractivity contribution >= 4 is 22.6 Å². The average molecular weight is 344 g/mol. The quantitative estimate of drug-likeness (QED) is 0.597. The van der Waals surface area contributed by atoms with E-state index in [1.165, 1.54) is 0 Å². The van der Waals surface area contributed by atoms with E-state index in [1.807, 2.05) is 42.5 Å². The summed E-state index contributed by atoms with van der Waals surface area (Å²) in [6.45, 7) is 0.419. The molecule has 0 aliphatic carbocycles. The van der Waals surface area contributed by atoms with E-state index in [2.05, 4.69) is 15.3 Å². The molecule has 2 aromatic heterocycles. The minimum absolute atomic E-state index is 0.218. The second-order valence-electron chi connectivity index (χ2n) is 5.93. The zero-order chi connectivity index (χ0) is 17.9. The summed E-state index contributed by atoms with van der Waals surface area (Å²) in [5.41, 5.74) is 3.29. The van der Waals surface area contributed by atoms with E-state index >= 15 is 0 Å². The van der Waals surface area contributed by atoms with Gasteiger partial charge in [0.05, 0.1) is 17.6 Å². The SMILES string of the molecule is O=C(Nc1ccccc1)c1ccc2c(c1)[nH]c(=O)n2Cc1cccnc1. The summed E-state index contributed by atoms with van der Waals surface area (Å²) >= 11 is 0. The van der Waals surface area contributed by atoms with Crippen LogP contribution in [0.25, 0.3) is 11.0 Å². The van der Waals surface area contributed by atoms with E-state index in [0.717, 1.165) is 16.8 Å². The number of para-hydroxylation sites is 1. The summed E-state index contributed by atoms with van der Waals surface area (Å²) in [6.07, 6.45) is 3.42. The zero-order valence-corrected chi connectivity index (χ0v) is 13.8. The highest BCUT2D eigenvalue weighted by Crippen LogP contribution is 2.16. The Morgan fingerprint density at radius 2 is 1.92 bits per heavy atom. The fourth-order valence-corrected chi connectivity index (χ4v) is 2.86. The number of aromatic amines is 1. The van der Waals surface area contributed by atoms with Crippen molar-refractivity contribution in [3.05, 3.63) is 94.7 Å². The molecule has 0 unspecified atom stereocenters. The number of carbonyl (C=O) groups is 1. The molecule has 0 radical (unpaired) electrons. The first kappa shape index (κ1) is 15.8. The number of hydrogen-bond donors (Lipinski definition) is 2. The van der Waals surface area contributed by atoms with Gasteiger partial charge >= 0.3 is 5.69 Å². The molecule has 1 amide bonds. The zero-order valence-electron chi connectivity index (χ0n) is 13.8. The van der Waals surface area contributed by atoms with Crippen LogP contribution in [0.3, 0.4) is 0 Å². The van der Waals surface area contributed by atoms with Crippen LogP contribution in [0.15, 0.2) is 77.9 Å². The summed E-state index contributed by atoms with van der Waals surface area (Å²) in [6, 6.07) is 18.2. The van der Waals surface area contributed by atoms with Crippen molar-refractivity contribution in [2.75, 3.05) is 5.32 Å². The molecule has 2 heterocycles. The maximum Gasteiger partial charge on any atom is 0.326 e. The van der Waals surface area contributed by atoms with Gasteiger partial charge in [0, 0.05) is 23.6 Å². The first-order chi connectivity index (χ1) is 12.7. The molecule has 128 valence electrons. The highest BCUT2D eigenvalue weighted by Gasteiger charge is 2.11. The third-order valence-electron chi connectivity index (χ3n) is 4.13. The molecule has 0 spiro atoms. The number of nitrogens with one attached hydrogen (secondary N) is 2. The number of nitrogens with zero attached hydrogens (tertiary/aromatic N) is 2. The Bertz CT molecular complexity index is 1110. The van der Waals surface area contributed by atoms with E-state index < -0.39 is 0 Å². The first-order valence-electron chi connectivity index (χ1n) is 8.18. The maximum absolute atomic E-state index is 12.4. The minimum Gasteiger partial charge on any atom is -0.322 e. The lowest BCUT2D eigenvalue weighted by Gasteiger charge is -2.06. The molecule has 0 atom stereocenters. The van der Waals surface area contributed by atoms with Gasteiger partial charge in [-0.1, -0.05) is 24.3 Å². The standard InChI is InChI=1S/C20H16N4O2/c25-19(22-16-6-2-1-3-7-16)15-8-9-18-17(11-15)23-20(26)24(18)13-14-5-4-10-21-12-14/h1-12H,13H2,(H,22,25)(H,23,26). The minimum atomic E-state index is -0.223. The molecule has 6 nitrogen and oxygen atoms in total. The monoisotopic (exact) mass is 344 g/mol. The number of fused-ring (bicyclic) bond motifs is 1. The number of H-pyrrole nitrogens is 1. The molecule has 0 saturated carbocycles. The summed E-state index contributed by atoms with van der Waals surface area (Å²) < 4.78 is 1.63. The third-order valence-corrected chi connectivity index (χ3v) is 4.13. The van der Waals surface area contributed by atoms with E-state index in [0.29, 0.717) is 17.6 Å². The van der Waals surface area contributed by atoms with Crippen molar-refractivity contribution < 1.29 is 4.79 Å². The van der Waals surface area contributed by atoms with Crippen molar-refractivity contribution in [1.82, 2.24) is 14.5 Å². The molecular formula is C20H16N4O2. The molecule has 6 heteroatoms. The van der Waals surface area contributed by atoms with Gasteiger partial charge in [0.15, 0.2) is 0 Å². The van der Waals surface area contributed by atoms with Gasteiger partial charge in [-0.3, -0.25) is 14.3 Å². The Balaban J connectivity index is 1.64. The Morgan fingerprint density at radius 3 is 2.69 bits per heavy atom. The molecule has 0 aliphatic rings. The largest absolute Gasteiger partial charge is 0.326 e. The van der Waals surface area contributed by atoms with Gasteiger partial charge < -0.3 is 10.3 Å². The smallest absolute Gasteiger partial charge is 0.322 e. The topological polar surface area (TPSA) is 79.8 Å². The molecular weight excluding hydrogens is 328 g/mol. The van der Waals surface area contributed by atoms with Crippen LogP contribution in [0.2, 0.25) is 0 Å².